The van der Waals surface area contributed by atoms with Crippen LogP contribution in [0.4, 0.5) is 18.9 Å². The van der Waals surface area contributed by atoms with Gasteiger partial charge >= 0.3 is 11.8 Å². The van der Waals surface area contributed by atoms with E-state index in [-0.39, 0.29) is 25.2 Å². The van der Waals surface area contributed by atoms with E-state index in [9.17, 15) is 37.1 Å². The molecule has 2 heterocycles. The molecule has 2 bridgehead atoms. The number of ketones is 1. The third-order valence-electron chi connectivity index (χ3n) is 9.93. The summed E-state index contributed by atoms with van der Waals surface area (Å²) in [6.45, 7) is -0.851. The van der Waals surface area contributed by atoms with Crippen molar-refractivity contribution in [3.63, 3.8) is 0 Å². The van der Waals surface area contributed by atoms with Crippen LogP contribution in [-0.4, -0.2) is 48.1 Å². The number of hydrogen-bond acceptors (Lipinski definition) is 6. The third kappa shape index (κ3) is 8.41. The smallest absolute Gasteiger partial charge is 0.313 e. The van der Waals surface area contributed by atoms with Gasteiger partial charge in [-0.2, -0.15) is 4.39 Å². The molecule has 0 spiro atoms. The lowest BCUT2D eigenvalue weighted by Crippen LogP contribution is -2.55. The minimum atomic E-state index is -1.52. The van der Waals surface area contributed by atoms with E-state index in [4.69, 9.17) is 4.74 Å². The molecule has 13 heteroatoms. The highest BCUT2D eigenvalue weighted by molar-refractivity contribution is 6.40. The summed E-state index contributed by atoms with van der Waals surface area (Å²) in [5.41, 5.74) is 1.83. The van der Waals surface area contributed by atoms with Crippen LogP contribution >= 0.6 is 0 Å². The van der Waals surface area contributed by atoms with E-state index < -0.39 is 88.8 Å². The number of benzene rings is 3. The Bertz CT molecular complexity index is 1820. The fraction of sp³-hybridized carbons (Fsp3) is 0.395. The maximum Gasteiger partial charge on any atom is 0.313 e. The SMILES string of the molecule is O=C(Nc1ccccc1Cc1ccccc1)C(=O)N[C@@H](CC1CCCCC1)C(=O)N[C@H]1C[C@@H]2CC(NC2=O)c2c(F)cc(F)c(F)c2OCC1=O. The van der Waals surface area contributed by atoms with Gasteiger partial charge in [0.05, 0.1) is 17.6 Å². The molecule has 0 radical (unpaired) electrons. The summed E-state index contributed by atoms with van der Waals surface area (Å²) in [6.07, 6.45) is 5.03. The van der Waals surface area contributed by atoms with E-state index in [1.165, 1.54) is 0 Å². The van der Waals surface area contributed by atoms with E-state index >= 15 is 0 Å². The molecule has 3 aliphatic rings. The average molecular weight is 705 g/mol. The Hall–Kier alpha value is -5.20. The molecular weight excluding hydrogens is 665 g/mol. The van der Waals surface area contributed by atoms with E-state index in [0.29, 0.717) is 18.2 Å². The molecule has 2 aliphatic heterocycles. The van der Waals surface area contributed by atoms with Gasteiger partial charge in [0.1, 0.15) is 18.5 Å². The summed E-state index contributed by atoms with van der Waals surface area (Å²) in [5, 5.41) is 10.4. The van der Waals surface area contributed by atoms with Gasteiger partial charge < -0.3 is 26.0 Å². The zero-order chi connectivity index (χ0) is 36.1. The van der Waals surface area contributed by atoms with Crippen molar-refractivity contribution in [3.8, 4) is 5.75 Å². The quantitative estimate of drug-likeness (QED) is 0.196. The summed E-state index contributed by atoms with van der Waals surface area (Å²) in [5.74, 6) is -9.89. The van der Waals surface area contributed by atoms with Crippen molar-refractivity contribution in [1.29, 1.82) is 0 Å². The first-order valence-electron chi connectivity index (χ1n) is 17.2. The number of ether oxygens (including phenoxy) is 1. The predicted molar refractivity (Wildman–Crippen MR) is 180 cm³/mol. The fourth-order valence-corrected chi connectivity index (χ4v) is 7.26. The molecule has 4 atom stereocenters. The van der Waals surface area contributed by atoms with Gasteiger partial charge in [-0.15, -0.1) is 0 Å². The maximum atomic E-state index is 14.8. The number of anilines is 1. The van der Waals surface area contributed by atoms with E-state index in [0.717, 1.165) is 43.2 Å². The number of carbonyl (C=O) groups is 5. The highest BCUT2D eigenvalue weighted by Gasteiger charge is 2.42. The molecule has 1 unspecified atom stereocenters. The number of carbonyl (C=O) groups excluding carboxylic acids is 5. The molecule has 268 valence electrons. The Kier molecular flexibility index (Phi) is 11.0. The van der Waals surface area contributed by atoms with Gasteiger partial charge in [-0.1, -0.05) is 80.6 Å². The standard InChI is InChI=1S/C38H39F3N4O6/c39-25-19-26(40)33(41)34-32(25)29-18-24(35(47)44-29)17-28(31(46)20-51-34)43-36(48)30(16-22-11-5-2-6-12-22)45-38(50)37(49)42-27-14-8-7-13-23(27)15-21-9-3-1-4-10-21/h1,3-4,7-10,13-14,19,22,24,28-30H,2,5-6,11-12,15-18,20H2,(H,42,49)(H,43,48)(H,44,47)(H,45,50)/t24-,28+,29?,30+/m1/s1. The number of nitrogens with one attached hydrogen (secondary N) is 4. The number of para-hydroxylation sites is 1. The zero-order valence-corrected chi connectivity index (χ0v) is 27.8. The lowest BCUT2D eigenvalue weighted by Gasteiger charge is -2.28. The van der Waals surface area contributed by atoms with Crippen molar-refractivity contribution in [2.24, 2.45) is 11.8 Å². The highest BCUT2D eigenvalue weighted by Crippen LogP contribution is 2.40. The molecule has 4 N–H and O–H groups in total. The molecule has 1 saturated carbocycles. The molecule has 10 nitrogen and oxygen atoms in total. The van der Waals surface area contributed by atoms with Crippen molar-refractivity contribution in [1.82, 2.24) is 16.0 Å². The molecule has 51 heavy (non-hydrogen) atoms. The normalized spacial score (nSPS) is 21.0. The van der Waals surface area contributed by atoms with Gasteiger partial charge in [0, 0.05) is 17.7 Å². The summed E-state index contributed by atoms with van der Waals surface area (Å²) in [6, 6.07) is 13.5. The molecule has 1 aliphatic carbocycles. The van der Waals surface area contributed by atoms with Crippen molar-refractivity contribution in [2.45, 2.75) is 75.9 Å². The van der Waals surface area contributed by atoms with E-state index in [1.54, 1.807) is 12.1 Å². The van der Waals surface area contributed by atoms with Gasteiger partial charge in [-0.25, -0.2) is 8.78 Å². The topological polar surface area (TPSA) is 143 Å². The molecule has 1 saturated heterocycles. The van der Waals surface area contributed by atoms with E-state index in [1.807, 2.05) is 42.5 Å². The molecule has 3 aromatic carbocycles. The number of amides is 4. The molecular formula is C38H39F3N4O6. The molecule has 3 aromatic rings. The summed E-state index contributed by atoms with van der Waals surface area (Å²) in [4.78, 5) is 66.7. The van der Waals surface area contributed by atoms with Crippen LogP contribution in [-0.2, 0) is 30.4 Å². The first kappa shape index (κ1) is 35.6. The van der Waals surface area contributed by atoms with Crippen LogP contribution in [0.25, 0.3) is 0 Å². The summed E-state index contributed by atoms with van der Waals surface area (Å²) >= 11 is 0. The van der Waals surface area contributed by atoms with Crippen molar-refractivity contribution in [3.05, 3.63) is 94.8 Å². The molecule has 0 aromatic heterocycles. The first-order chi connectivity index (χ1) is 24.6. The number of rotatable bonds is 8. The monoisotopic (exact) mass is 704 g/mol. The van der Waals surface area contributed by atoms with Crippen LogP contribution in [0.3, 0.4) is 0 Å². The van der Waals surface area contributed by atoms with Gasteiger partial charge in [-0.05, 0) is 48.8 Å². The lowest BCUT2D eigenvalue weighted by molar-refractivity contribution is -0.138. The number of fused-ring (bicyclic) bond motifs is 4. The summed E-state index contributed by atoms with van der Waals surface area (Å²) in [7, 11) is 0. The molecule has 2 fully saturated rings. The minimum Gasteiger partial charge on any atom is -0.482 e. The van der Waals surface area contributed by atoms with Gasteiger partial charge in [0.15, 0.2) is 17.3 Å². The van der Waals surface area contributed by atoms with Crippen LogP contribution in [0.15, 0.2) is 60.7 Å². The zero-order valence-electron chi connectivity index (χ0n) is 27.8. The van der Waals surface area contributed by atoms with Gasteiger partial charge in [-0.3, -0.25) is 24.0 Å². The highest BCUT2D eigenvalue weighted by atomic mass is 19.2. The Morgan fingerprint density at radius 2 is 1.61 bits per heavy atom. The number of Topliss-reactive ketones (excluding diaryl/α,β-unsaturated/α-hetero) is 1. The van der Waals surface area contributed by atoms with Crippen molar-refractivity contribution < 1.29 is 41.9 Å². The largest absolute Gasteiger partial charge is 0.482 e. The maximum absolute atomic E-state index is 14.8. The second kappa shape index (κ2) is 15.8. The van der Waals surface area contributed by atoms with Crippen molar-refractivity contribution in [2.75, 3.05) is 11.9 Å². The van der Waals surface area contributed by atoms with Crippen LogP contribution in [0, 0.1) is 29.3 Å². The second-order valence-electron chi connectivity index (χ2n) is 13.5. The predicted octanol–water partition coefficient (Wildman–Crippen LogP) is 4.80. The Morgan fingerprint density at radius 1 is 0.882 bits per heavy atom. The van der Waals surface area contributed by atoms with Crippen LogP contribution in [0.5, 0.6) is 5.75 Å². The van der Waals surface area contributed by atoms with Crippen LogP contribution < -0.4 is 26.0 Å². The molecule has 4 amide bonds. The van der Waals surface area contributed by atoms with Crippen LogP contribution in [0.1, 0.15) is 74.1 Å². The number of halogens is 3. The number of hydrogen-bond donors (Lipinski definition) is 4. The second-order valence-corrected chi connectivity index (χ2v) is 13.5. The summed E-state index contributed by atoms with van der Waals surface area (Å²) < 4.78 is 49.1. The van der Waals surface area contributed by atoms with Crippen molar-refractivity contribution >= 4 is 35.1 Å². The van der Waals surface area contributed by atoms with Gasteiger partial charge in [0.2, 0.25) is 17.6 Å². The molecule has 6 rings (SSSR count). The Balaban J connectivity index is 1.18. The first-order valence-corrected chi connectivity index (χ1v) is 17.2. The minimum absolute atomic E-state index is 0.0645. The lowest BCUT2D eigenvalue weighted by atomic mass is 9.84. The average Bonchev–Trinajstić information content (AvgIpc) is 3.47. The third-order valence-corrected chi connectivity index (χ3v) is 9.93. The Morgan fingerprint density at radius 3 is 2.37 bits per heavy atom. The Labute approximate surface area is 292 Å². The van der Waals surface area contributed by atoms with Crippen LogP contribution in [0.2, 0.25) is 0 Å². The fourth-order valence-electron chi connectivity index (χ4n) is 7.26. The van der Waals surface area contributed by atoms with E-state index in [2.05, 4.69) is 21.3 Å². The van der Waals surface area contributed by atoms with Gasteiger partial charge in [0.25, 0.3) is 0 Å².